The van der Waals surface area contributed by atoms with Gasteiger partial charge in [-0.05, 0) is 69.5 Å². The standard InChI is InChI=1S/C19H19Br2N3O3S/c1-3-26-15-6-5-12(7-16(15)27-4-2)10-24-11-13(9-22-24)23-19(25)17-8-14(20)18(21)28-17/h5-9,11H,3-4,10H2,1-2H3,(H,23,25). The lowest BCUT2D eigenvalue weighted by Crippen LogP contribution is -2.09. The van der Waals surface area contributed by atoms with E-state index in [0.717, 1.165) is 25.3 Å². The molecule has 1 N–H and O–H groups in total. The predicted octanol–water partition coefficient (Wildman–Crippen LogP) is 5.57. The number of nitrogens with one attached hydrogen (secondary N) is 1. The van der Waals surface area contributed by atoms with E-state index in [2.05, 4.69) is 42.3 Å². The van der Waals surface area contributed by atoms with Crippen LogP contribution in [0, 0.1) is 0 Å². The van der Waals surface area contributed by atoms with Crippen LogP contribution in [-0.2, 0) is 6.54 Å². The number of nitrogens with zero attached hydrogens (tertiary/aromatic N) is 2. The number of benzene rings is 1. The van der Waals surface area contributed by atoms with E-state index in [4.69, 9.17) is 9.47 Å². The van der Waals surface area contributed by atoms with Crippen molar-refractivity contribution in [3.05, 3.63) is 55.4 Å². The van der Waals surface area contributed by atoms with Crippen molar-refractivity contribution in [2.75, 3.05) is 18.5 Å². The van der Waals surface area contributed by atoms with Crippen LogP contribution in [0.1, 0.15) is 29.1 Å². The highest BCUT2D eigenvalue weighted by Gasteiger charge is 2.13. The summed E-state index contributed by atoms with van der Waals surface area (Å²) in [6.45, 7) is 5.58. The van der Waals surface area contributed by atoms with E-state index in [-0.39, 0.29) is 5.91 Å². The number of hydrogen-bond donors (Lipinski definition) is 1. The summed E-state index contributed by atoms with van der Waals surface area (Å²) in [6.07, 6.45) is 3.43. The second-order valence-corrected chi connectivity index (χ2v) is 8.98. The van der Waals surface area contributed by atoms with Crippen molar-refractivity contribution < 1.29 is 14.3 Å². The molecule has 0 aliphatic rings. The molecule has 1 aromatic carbocycles. The van der Waals surface area contributed by atoms with Crippen LogP contribution in [-0.4, -0.2) is 28.9 Å². The fourth-order valence-electron chi connectivity index (χ4n) is 2.55. The maximum Gasteiger partial charge on any atom is 0.265 e. The van der Waals surface area contributed by atoms with Crippen LogP contribution in [0.15, 0.2) is 44.9 Å². The highest BCUT2D eigenvalue weighted by molar-refractivity contribution is 9.13. The van der Waals surface area contributed by atoms with Gasteiger partial charge in [0, 0.05) is 10.7 Å². The van der Waals surface area contributed by atoms with Gasteiger partial charge >= 0.3 is 0 Å². The quantitative estimate of drug-likeness (QED) is 0.415. The summed E-state index contributed by atoms with van der Waals surface area (Å²) in [5, 5.41) is 7.19. The number of ether oxygens (including phenoxy) is 2. The molecule has 0 saturated heterocycles. The van der Waals surface area contributed by atoms with Crippen molar-refractivity contribution in [3.63, 3.8) is 0 Å². The van der Waals surface area contributed by atoms with Gasteiger partial charge in [0.15, 0.2) is 11.5 Å². The van der Waals surface area contributed by atoms with E-state index >= 15 is 0 Å². The molecular formula is C19H19Br2N3O3S. The van der Waals surface area contributed by atoms with Gasteiger partial charge in [-0.1, -0.05) is 6.07 Å². The molecule has 3 rings (SSSR count). The van der Waals surface area contributed by atoms with Gasteiger partial charge < -0.3 is 14.8 Å². The van der Waals surface area contributed by atoms with E-state index in [1.54, 1.807) is 23.1 Å². The molecule has 0 spiro atoms. The van der Waals surface area contributed by atoms with Crippen LogP contribution >= 0.6 is 43.2 Å². The van der Waals surface area contributed by atoms with Gasteiger partial charge in [0.05, 0.1) is 40.3 Å². The molecule has 148 valence electrons. The van der Waals surface area contributed by atoms with Crippen molar-refractivity contribution in [1.82, 2.24) is 9.78 Å². The van der Waals surface area contributed by atoms with Gasteiger partial charge in [0.25, 0.3) is 5.91 Å². The second kappa shape index (κ2) is 9.58. The summed E-state index contributed by atoms with van der Waals surface area (Å²) in [4.78, 5) is 13.0. The van der Waals surface area contributed by atoms with Gasteiger partial charge in [-0.3, -0.25) is 9.48 Å². The lowest BCUT2D eigenvalue weighted by atomic mass is 10.2. The number of halogens is 2. The molecule has 0 aliphatic heterocycles. The largest absolute Gasteiger partial charge is 0.490 e. The zero-order valence-corrected chi connectivity index (χ0v) is 19.4. The van der Waals surface area contributed by atoms with Crippen LogP contribution < -0.4 is 14.8 Å². The van der Waals surface area contributed by atoms with Gasteiger partial charge in [-0.25, -0.2) is 0 Å². The van der Waals surface area contributed by atoms with Crippen molar-refractivity contribution in [1.29, 1.82) is 0 Å². The van der Waals surface area contributed by atoms with Crippen LogP contribution in [0.3, 0.4) is 0 Å². The fraction of sp³-hybridized carbons (Fsp3) is 0.263. The number of thiophene rings is 1. The molecule has 9 heteroatoms. The first-order valence-corrected chi connectivity index (χ1v) is 11.1. The van der Waals surface area contributed by atoms with Crippen molar-refractivity contribution in [2.24, 2.45) is 0 Å². The summed E-state index contributed by atoms with van der Waals surface area (Å²) in [5.74, 6) is 1.28. The topological polar surface area (TPSA) is 65.4 Å². The molecule has 1 amide bonds. The maximum atomic E-state index is 12.4. The highest BCUT2D eigenvalue weighted by Crippen LogP contribution is 2.33. The van der Waals surface area contributed by atoms with E-state index in [9.17, 15) is 4.79 Å². The summed E-state index contributed by atoms with van der Waals surface area (Å²) < 4.78 is 14.8. The first kappa shape index (κ1) is 20.9. The molecule has 0 atom stereocenters. The number of anilines is 1. The van der Waals surface area contributed by atoms with Gasteiger partial charge in [0.2, 0.25) is 0 Å². The Morgan fingerprint density at radius 1 is 1.18 bits per heavy atom. The average Bonchev–Trinajstić information content (AvgIpc) is 3.24. The highest BCUT2D eigenvalue weighted by atomic mass is 79.9. The zero-order chi connectivity index (χ0) is 20.1. The van der Waals surface area contributed by atoms with Crippen LogP contribution in [0.2, 0.25) is 0 Å². The normalized spacial score (nSPS) is 10.7. The van der Waals surface area contributed by atoms with Crippen LogP contribution in [0.25, 0.3) is 0 Å². The number of carbonyl (C=O) groups excluding carboxylic acids is 1. The minimum Gasteiger partial charge on any atom is -0.490 e. The summed E-state index contributed by atoms with van der Waals surface area (Å²) in [7, 11) is 0. The minimum absolute atomic E-state index is 0.171. The lowest BCUT2D eigenvalue weighted by molar-refractivity contribution is 0.103. The third-order valence-corrected chi connectivity index (χ3v) is 6.97. The molecule has 3 aromatic rings. The Balaban J connectivity index is 1.68. The Morgan fingerprint density at radius 2 is 1.93 bits per heavy atom. The molecule has 6 nitrogen and oxygen atoms in total. The molecule has 2 heterocycles. The van der Waals surface area contributed by atoms with Crippen LogP contribution in [0.5, 0.6) is 11.5 Å². The van der Waals surface area contributed by atoms with Gasteiger partial charge in [0.1, 0.15) is 0 Å². The molecule has 28 heavy (non-hydrogen) atoms. The first-order chi connectivity index (χ1) is 13.5. The SMILES string of the molecule is CCOc1ccc(Cn2cc(NC(=O)c3cc(Br)c(Br)s3)cn2)cc1OCC. The first-order valence-electron chi connectivity index (χ1n) is 8.67. The zero-order valence-electron chi connectivity index (χ0n) is 15.4. The molecule has 0 saturated carbocycles. The van der Waals surface area contributed by atoms with Gasteiger partial charge in [-0.15, -0.1) is 11.3 Å². The summed E-state index contributed by atoms with van der Waals surface area (Å²) in [6, 6.07) is 7.62. The van der Waals surface area contributed by atoms with E-state index < -0.39 is 0 Å². The maximum absolute atomic E-state index is 12.4. The molecular weight excluding hydrogens is 510 g/mol. The summed E-state index contributed by atoms with van der Waals surface area (Å²) >= 11 is 8.16. The number of rotatable bonds is 8. The Hall–Kier alpha value is -1.84. The van der Waals surface area contributed by atoms with Crippen LogP contribution in [0.4, 0.5) is 5.69 Å². The molecule has 0 bridgehead atoms. The summed E-state index contributed by atoms with van der Waals surface area (Å²) in [5.41, 5.74) is 1.67. The van der Waals surface area contributed by atoms with Crippen molar-refractivity contribution in [2.45, 2.75) is 20.4 Å². The van der Waals surface area contributed by atoms with E-state index in [1.165, 1.54) is 11.3 Å². The van der Waals surface area contributed by atoms with E-state index in [0.29, 0.717) is 30.3 Å². The Labute approximate surface area is 184 Å². The number of aromatic nitrogens is 2. The average molecular weight is 529 g/mol. The number of hydrogen-bond acceptors (Lipinski definition) is 5. The second-order valence-electron chi connectivity index (χ2n) is 5.76. The molecule has 0 radical (unpaired) electrons. The minimum atomic E-state index is -0.171. The third-order valence-electron chi connectivity index (χ3n) is 3.71. The monoisotopic (exact) mass is 527 g/mol. The Kier molecular flexibility index (Phi) is 7.14. The number of carbonyl (C=O) groups is 1. The number of amides is 1. The smallest absolute Gasteiger partial charge is 0.265 e. The molecule has 0 fully saturated rings. The molecule has 0 aliphatic carbocycles. The Morgan fingerprint density at radius 3 is 2.61 bits per heavy atom. The van der Waals surface area contributed by atoms with Crippen molar-refractivity contribution in [3.8, 4) is 11.5 Å². The Bertz CT molecular complexity index is 952. The molecule has 0 unspecified atom stereocenters. The molecule has 2 aromatic heterocycles. The van der Waals surface area contributed by atoms with Gasteiger partial charge in [-0.2, -0.15) is 5.10 Å². The third kappa shape index (κ3) is 5.15. The van der Waals surface area contributed by atoms with Crippen molar-refractivity contribution >= 4 is 54.8 Å². The fourth-order valence-corrected chi connectivity index (χ4v) is 4.48. The lowest BCUT2D eigenvalue weighted by Gasteiger charge is -2.12. The van der Waals surface area contributed by atoms with E-state index in [1.807, 2.05) is 32.0 Å². The predicted molar refractivity (Wildman–Crippen MR) is 118 cm³/mol.